The third kappa shape index (κ3) is 4.10. The van der Waals surface area contributed by atoms with Crippen molar-refractivity contribution in [3.05, 3.63) is 11.8 Å². The van der Waals surface area contributed by atoms with Crippen LogP contribution in [0, 0.1) is 12.8 Å². The molecule has 2 atom stereocenters. The normalized spacial score (nSPS) is 20.6. The van der Waals surface area contributed by atoms with Crippen LogP contribution in [0.3, 0.4) is 0 Å². The summed E-state index contributed by atoms with van der Waals surface area (Å²) < 4.78 is 1.47. The average molecular weight is 336 g/mol. The summed E-state index contributed by atoms with van der Waals surface area (Å²) in [6.45, 7) is 7.91. The zero-order valence-corrected chi connectivity index (χ0v) is 14.3. The maximum absolute atomic E-state index is 12.0. The molecule has 1 fully saturated rings. The van der Waals surface area contributed by atoms with Crippen LogP contribution in [0.25, 0.3) is 0 Å². The van der Waals surface area contributed by atoms with Crippen LogP contribution in [0.15, 0.2) is 6.07 Å². The summed E-state index contributed by atoms with van der Waals surface area (Å²) in [7, 11) is 0. The fraction of sp³-hybridized carbons (Fsp3) is 0.600. The monoisotopic (exact) mass is 336 g/mol. The molecule has 2 heterocycles. The number of aryl methyl sites for hydroxylation is 1. The molecule has 9 nitrogen and oxygen atoms in total. The molecule has 2 unspecified atom stereocenters. The fourth-order valence-electron chi connectivity index (χ4n) is 2.50. The van der Waals surface area contributed by atoms with Gasteiger partial charge in [0, 0.05) is 25.1 Å². The van der Waals surface area contributed by atoms with Crippen LogP contribution in [-0.4, -0.2) is 40.1 Å². The Morgan fingerprint density at radius 2 is 2.12 bits per heavy atom. The van der Waals surface area contributed by atoms with Gasteiger partial charge in [-0.1, -0.05) is 13.8 Å². The van der Waals surface area contributed by atoms with E-state index in [1.807, 2.05) is 13.8 Å². The van der Waals surface area contributed by atoms with Gasteiger partial charge in [-0.3, -0.25) is 19.7 Å². The van der Waals surface area contributed by atoms with Gasteiger partial charge in [0.25, 0.3) is 0 Å². The van der Waals surface area contributed by atoms with Gasteiger partial charge in [-0.15, -0.1) is 0 Å². The van der Waals surface area contributed by atoms with Crippen molar-refractivity contribution in [2.75, 3.05) is 11.9 Å². The molecule has 1 aromatic rings. The maximum atomic E-state index is 12.0. The fourth-order valence-corrected chi connectivity index (χ4v) is 2.50. The Morgan fingerprint density at radius 1 is 1.42 bits per heavy atom. The van der Waals surface area contributed by atoms with Crippen LogP contribution in [0.1, 0.15) is 39.2 Å². The Labute approximate surface area is 140 Å². The molecule has 0 radical (unpaired) electrons. The van der Waals surface area contributed by atoms with E-state index in [1.165, 1.54) is 4.68 Å². The van der Waals surface area contributed by atoms with E-state index in [1.54, 1.807) is 19.9 Å². The number of nitrogens with one attached hydrogen (secondary N) is 4. The number of anilines is 1. The van der Waals surface area contributed by atoms with Crippen LogP contribution >= 0.6 is 0 Å². The van der Waals surface area contributed by atoms with Crippen molar-refractivity contribution in [3.8, 4) is 0 Å². The van der Waals surface area contributed by atoms with Gasteiger partial charge in [0.1, 0.15) is 5.82 Å². The van der Waals surface area contributed by atoms with Gasteiger partial charge in [0.05, 0.1) is 5.69 Å². The van der Waals surface area contributed by atoms with E-state index >= 15 is 0 Å². The van der Waals surface area contributed by atoms with E-state index in [9.17, 15) is 14.4 Å². The lowest BCUT2D eigenvalue weighted by atomic mass is 9.99. The predicted octanol–water partition coefficient (Wildman–Crippen LogP) is -0.144. The Morgan fingerprint density at radius 3 is 2.75 bits per heavy atom. The summed E-state index contributed by atoms with van der Waals surface area (Å²) in [5.41, 5.74) is 0.656. The Bertz CT molecular complexity index is 639. The Hall–Kier alpha value is -2.42. The van der Waals surface area contributed by atoms with Gasteiger partial charge in [0.2, 0.25) is 5.91 Å². The summed E-state index contributed by atoms with van der Waals surface area (Å²) in [5, 5.41) is 15.4. The van der Waals surface area contributed by atoms with Crippen LogP contribution < -0.4 is 21.3 Å². The van der Waals surface area contributed by atoms with E-state index in [2.05, 4.69) is 26.4 Å². The minimum atomic E-state index is -0.777. The lowest BCUT2D eigenvalue weighted by Gasteiger charge is -2.34. The zero-order chi connectivity index (χ0) is 17.9. The minimum absolute atomic E-state index is 0.000183. The van der Waals surface area contributed by atoms with Crippen molar-refractivity contribution < 1.29 is 14.4 Å². The number of amides is 3. The molecule has 4 N–H and O–H groups in total. The molecule has 3 amide bonds. The number of likely N-dealkylation sites (N-methyl/N-ethyl adjacent to an activating group) is 1. The number of carbonyl (C=O) groups excluding carboxylic acids is 3. The first-order valence-corrected chi connectivity index (χ1v) is 8.02. The zero-order valence-electron chi connectivity index (χ0n) is 14.3. The predicted molar refractivity (Wildman–Crippen MR) is 87.8 cm³/mol. The third-order valence-corrected chi connectivity index (χ3v) is 3.77. The number of aromatic nitrogens is 2. The molecule has 132 valence electrons. The quantitative estimate of drug-likeness (QED) is 0.571. The van der Waals surface area contributed by atoms with Crippen LogP contribution in [0.5, 0.6) is 0 Å². The Kier molecular flexibility index (Phi) is 5.55. The van der Waals surface area contributed by atoms with Gasteiger partial charge in [0.15, 0.2) is 6.29 Å². The number of rotatable bonds is 4. The smallest absolute Gasteiger partial charge is 0.314 e. The first-order chi connectivity index (χ1) is 11.3. The highest BCUT2D eigenvalue weighted by Crippen LogP contribution is 2.19. The summed E-state index contributed by atoms with van der Waals surface area (Å²) in [6.07, 6.45) is -0.202. The molecule has 0 spiro atoms. The highest BCUT2D eigenvalue weighted by Gasteiger charge is 2.30. The van der Waals surface area contributed by atoms with Gasteiger partial charge in [-0.05, 0) is 19.8 Å². The lowest BCUT2D eigenvalue weighted by molar-refractivity contribution is -0.136. The van der Waals surface area contributed by atoms with E-state index in [0.29, 0.717) is 24.5 Å². The number of carbonyl (C=O) groups is 3. The highest BCUT2D eigenvalue weighted by molar-refractivity contribution is 6.39. The van der Waals surface area contributed by atoms with Crippen molar-refractivity contribution in [1.82, 2.24) is 25.7 Å². The minimum Gasteiger partial charge on any atom is -0.348 e. The number of hydrogen-bond acceptors (Lipinski definition) is 5. The number of hydrogen-bond donors (Lipinski definition) is 4. The van der Waals surface area contributed by atoms with Crippen molar-refractivity contribution in [3.63, 3.8) is 0 Å². The molecule has 0 saturated carbocycles. The van der Waals surface area contributed by atoms with Gasteiger partial charge in [-0.2, -0.15) is 5.10 Å². The molecular weight excluding hydrogens is 312 g/mol. The molecule has 1 aromatic heterocycles. The first kappa shape index (κ1) is 17.9. The van der Waals surface area contributed by atoms with E-state index in [0.717, 1.165) is 0 Å². The molecule has 0 aliphatic carbocycles. The molecule has 1 aliphatic heterocycles. The van der Waals surface area contributed by atoms with Gasteiger partial charge >= 0.3 is 11.8 Å². The first-order valence-electron chi connectivity index (χ1n) is 8.02. The molecule has 0 bridgehead atoms. The maximum Gasteiger partial charge on any atom is 0.314 e. The van der Waals surface area contributed by atoms with Gasteiger partial charge < -0.3 is 16.0 Å². The van der Waals surface area contributed by atoms with Crippen molar-refractivity contribution in [1.29, 1.82) is 0 Å². The van der Waals surface area contributed by atoms with Gasteiger partial charge in [-0.25, -0.2) is 4.68 Å². The van der Waals surface area contributed by atoms with Crippen LogP contribution in [-0.2, 0) is 14.4 Å². The summed E-state index contributed by atoms with van der Waals surface area (Å²) in [4.78, 5) is 35.5. The summed E-state index contributed by atoms with van der Waals surface area (Å²) in [5.74, 6) is -0.981. The van der Waals surface area contributed by atoms with Crippen molar-refractivity contribution in [2.45, 2.75) is 46.4 Å². The molecule has 2 rings (SSSR count). The van der Waals surface area contributed by atoms with Crippen LogP contribution in [0.2, 0.25) is 0 Å². The van der Waals surface area contributed by atoms with E-state index in [4.69, 9.17) is 0 Å². The topological polar surface area (TPSA) is 117 Å². The molecule has 9 heteroatoms. The second-order valence-corrected chi connectivity index (χ2v) is 6.12. The number of nitrogens with zero attached hydrogens (tertiary/aromatic N) is 2. The lowest BCUT2D eigenvalue weighted by Crippen LogP contribution is -2.55. The van der Waals surface area contributed by atoms with E-state index < -0.39 is 18.1 Å². The average Bonchev–Trinajstić information content (AvgIpc) is 2.87. The largest absolute Gasteiger partial charge is 0.348 e. The van der Waals surface area contributed by atoms with Crippen LogP contribution in [0.4, 0.5) is 5.82 Å². The van der Waals surface area contributed by atoms with Crippen molar-refractivity contribution >= 4 is 23.5 Å². The highest BCUT2D eigenvalue weighted by atomic mass is 16.2. The molecule has 0 aromatic carbocycles. The van der Waals surface area contributed by atoms with E-state index in [-0.39, 0.29) is 17.9 Å². The molecular formula is C15H24N6O3. The van der Waals surface area contributed by atoms with Crippen molar-refractivity contribution in [2.24, 2.45) is 5.92 Å². The molecule has 1 aliphatic rings. The second-order valence-electron chi connectivity index (χ2n) is 6.12. The standard InChI is InChI=1S/C15H24N6O3/c1-5-16-13(23)14(24)18-11-6-9(4)20-21(11)15-17-10(8(2)3)7-12(22)19-15/h6,8,10,15,17H,5,7H2,1-4H3,(H,16,23)(H,18,24)(H,19,22). The molecule has 24 heavy (non-hydrogen) atoms. The second kappa shape index (κ2) is 7.43. The third-order valence-electron chi connectivity index (χ3n) is 3.77. The summed E-state index contributed by atoms with van der Waals surface area (Å²) in [6, 6.07) is 1.64. The Balaban J connectivity index is 2.20. The molecule has 1 saturated heterocycles. The summed E-state index contributed by atoms with van der Waals surface area (Å²) >= 11 is 0. The SMILES string of the molecule is CCNC(=O)C(=O)Nc1cc(C)nn1C1NC(=O)CC(C(C)C)N1.